The Kier molecular flexibility index (Phi) is 34.8. The van der Waals surface area contributed by atoms with Crippen molar-refractivity contribution in [3.63, 3.8) is 0 Å². The molecule has 7 aromatic carbocycles. The van der Waals surface area contributed by atoms with E-state index in [0.29, 0.717) is 91.9 Å². The van der Waals surface area contributed by atoms with Gasteiger partial charge in [0, 0.05) is 91.6 Å². The lowest BCUT2D eigenvalue weighted by Gasteiger charge is -2.40. The number of morpholine rings is 3. The van der Waals surface area contributed by atoms with Crippen LogP contribution in [0.15, 0.2) is 249 Å². The third-order valence-corrected chi connectivity index (χ3v) is 19.7. The van der Waals surface area contributed by atoms with E-state index in [2.05, 4.69) is 62.4 Å². The molecule has 5 fully saturated rings. The van der Waals surface area contributed by atoms with Crippen molar-refractivity contribution in [1.29, 1.82) is 0 Å². The number of piperazine rings is 2. The second kappa shape index (κ2) is 45.9. The molecule has 7 heterocycles. The molecule has 4 atom stereocenters. The quantitative estimate of drug-likeness (QED) is 0.0408. The highest BCUT2D eigenvalue weighted by molar-refractivity contribution is 9.09. The Bertz CT molecular complexity index is 4180. The van der Waals surface area contributed by atoms with E-state index < -0.39 is 28.8 Å². The average molecular weight is 1580 g/mol. The maximum absolute atomic E-state index is 13.7. The number of nitrogens with zero attached hydrogens (tertiary/aromatic N) is 9. The van der Waals surface area contributed by atoms with Crippen LogP contribution in [0.2, 0.25) is 0 Å². The molecule has 4 unspecified atom stereocenters. The molecular weight excluding hydrogens is 1480 g/mol. The molecule has 25 heteroatoms. The van der Waals surface area contributed by atoms with Crippen molar-refractivity contribution < 1.29 is 72.9 Å². The zero-order chi connectivity index (χ0) is 78.4. The molecule has 5 saturated heterocycles. The molecule has 0 spiro atoms. The lowest BCUT2D eigenvalue weighted by Crippen LogP contribution is -2.53. The molecule has 9 aromatic rings. The van der Waals surface area contributed by atoms with Gasteiger partial charge in [0.15, 0.2) is 0 Å². The number of aliphatic carboxylic acids is 3. The van der Waals surface area contributed by atoms with E-state index in [9.17, 15) is 39.0 Å². The lowest BCUT2D eigenvalue weighted by molar-refractivity contribution is -0.145. The topological polar surface area (TPSA) is 278 Å². The SMILES string of the molecule is COC(=O)Cc1ccccc1.O=C(C(c1ccccc1)N1CCOCC1)N1CCN(c2ccc(O)cn2)CC1.O=C(C(c1ccccc1)N1CCOCC1)N1CCN(c2ccc(OCc3ccccc3)cn2)CC1.O=C(O)C(Br)c1ccccc1.O=C(O)C(c1ccccc1)N1CCOCC1.O=C(O)Cc1ccccc1. The minimum Gasteiger partial charge on any atom is -0.506 e. The minimum absolute atomic E-state index is 0.112. The van der Waals surface area contributed by atoms with Gasteiger partial charge in [0.2, 0.25) is 11.8 Å². The number of hydrogen-bond donors (Lipinski definition) is 4. The van der Waals surface area contributed by atoms with E-state index in [-0.39, 0.29) is 42.0 Å². The molecule has 111 heavy (non-hydrogen) atoms. The number of anilines is 2. The van der Waals surface area contributed by atoms with Crippen molar-refractivity contribution in [1.82, 2.24) is 34.5 Å². The van der Waals surface area contributed by atoms with Crippen molar-refractivity contribution in [3.05, 3.63) is 288 Å². The van der Waals surface area contributed by atoms with Gasteiger partial charge >= 0.3 is 23.9 Å². The maximum atomic E-state index is 13.7. The third kappa shape index (κ3) is 27.6. The Labute approximate surface area is 657 Å². The number of amides is 2. The van der Waals surface area contributed by atoms with Crippen LogP contribution < -0.4 is 14.5 Å². The molecule has 584 valence electrons. The van der Waals surface area contributed by atoms with Crippen LogP contribution in [0, 0.1) is 0 Å². The van der Waals surface area contributed by atoms with E-state index >= 15 is 0 Å². The number of alkyl halides is 1. The molecule has 0 bridgehead atoms. The fourth-order valence-corrected chi connectivity index (χ4v) is 13.2. The second-order valence-corrected chi connectivity index (χ2v) is 27.2. The first-order valence-corrected chi connectivity index (χ1v) is 38.0. The number of ether oxygens (including phenoxy) is 5. The summed E-state index contributed by atoms with van der Waals surface area (Å²) in [6, 6.07) is 73.6. The number of halogens is 1. The number of carbonyl (C=O) groups excluding carboxylic acids is 3. The molecule has 0 radical (unpaired) electrons. The van der Waals surface area contributed by atoms with Crippen LogP contribution in [0.25, 0.3) is 0 Å². The fraction of sp³-hybridized carbons (Fsp3) is 0.326. The normalized spacial score (nSPS) is 16.2. The van der Waals surface area contributed by atoms with E-state index in [1.807, 2.05) is 209 Å². The highest BCUT2D eigenvalue weighted by atomic mass is 79.9. The van der Waals surface area contributed by atoms with Crippen molar-refractivity contribution >= 4 is 63.3 Å². The number of benzene rings is 7. The summed E-state index contributed by atoms with van der Waals surface area (Å²) in [6.45, 7) is 14.5. The summed E-state index contributed by atoms with van der Waals surface area (Å²) >= 11 is 3.05. The Balaban J connectivity index is 0.000000165. The van der Waals surface area contributed by atoms with Gasteiger partial charge in [-0.25, -0.2) is 9.97 Å². The molecule has 14 rings (SSSR count). The van der Waals surface area contributed by atoms with Gasteiger partial charge in [0.25, 0.3) is 0 Å². The van der Waals surface area contributed by atoms with E-state index in [1.165, 1.54) is 13.3 Å². The van der Waals surface area contributed by atoms with Crippen LogP contribution in [-0.4, -0.2) is 229 Å². The lowest BCUT2D eigenvalue weighted by atomic mass is 10.0. The summed E-state index contributed by atoms with van der Waals surface area (Å²) in [5, 5.41) is 35.7. The van der Waals surface area contributed by atoms with Gasteiger partial charge in [0.05, 0.1) is 72.0 Å². The van der Waals surface area contributed by atoms with Crippen LogP contribution in [0.4, 0.5) is 11.6 Å². The van der Waals surface area contributed by atoms with E-state index in [0.717, 1.165) is 109 Å². The summed E-state index contributed by atoms with van der Waals surface area (Å²) in [5.41, 5.74) is 6.64. The van der Waals surface area contributed by atoms with Crippen LogP contribution >= 0.6 is 15.9 Å². The van der Waals surface area contributed by atoms with Crippen LogP contribution in [0.3, 0.4) is 0 Å². The number of carboxylic acids is 3. The Hall–Kier alpha value is -10.9. The van der Waals surface area contributed by atoms with Crippen molar-refractivity contribution in [2.45, 2.75) is 42.4 Å². The van der Waals surface area contributed by atoms with Crippen LogP contribution in [-0.2, 0) is 67.2 Å². The maximum Gasteiger partial charge on any atom is 0.325 e. The van der Waals surface area contributed by atoms with Crippen molar-refractivity contribution in [2.24, 2.45) is 0 Å². The standard InChI is InChI=1S/C28H32N4O3.C21H26N4O3.C12H15NO3.C9H10O2.C8H7BrO2.C8H8O2/c33-28(27(24-9-5-2-6-10-24)31-17-19-34-20-18-31)32-15-13-30(14-16-32)26-12-11-25(21-29-26)35-22-23-7-3-1-4-8-23;26-18-6-7-19(22-16-18)23-8-10-25(11-9-23)21(27)20(17-4-2-1-3-5-17)24-12-14-28-15-13-24;14-12(15)11(10-4-2-1-3-5-10)13-6-8-16-9-7-13;1-11-9(10)7-8-5-3-2-4-6-8;9-7(8(10)11)6-4-2-1-3-5-6;9-8(10)6-7-4-2-1-3-5-7/h1-12,21,27H,13-20,22H2;1-7,16,20,26H,8-15H2;1-5,11H,6-9H2,(H,14,15);2-6H,7H2,1H3;1-5,7H,(H,10,11);1-5H,6H2,(H,9,10). The molecule has 0 aliphatic carbocycles. The predicted octanol–water partition coefficient (Wildman–Crippen LogP) is 11.0. The highest BCUT2D eigenvalue weighted by Crippen LogP contribution is 2.30. The molecule has 5 aliphatic rings. The number of hydrogen-bond acceptors (Lipinski definition) is 19. The van der Waals surface area contributed by atoms with Gasteiger partial charge in [-0.2, -0.15) is 0 Å². The van der Waals surface area contributed by atoms with Gasteiger partial charge in [-0.05, 0) is 63.2 Å². The zero-order valence-corrected chi connectivity index (χ0v) is 64.0. The van der Waals surface area contributed by atoms with Crippen molar-refractivity contribution in [2.75, 3.05) is 148 Å². The Morgan fingerprint density at radius 2 is 0.739 bits per heavy atom. The predicted molar refractivity (Wildman–Crippen MR) is 427 cm³/mol. The number of pyridine rings is 2. The number of rotatable bonds is 20. The fourth-order valence-electron chi connectivity index (χ4n) is 12.9. The van der Waals surface area contributed by atoms with E-state index in [4.69, 9.17) is 29.2 Å². The highest BCUT2D eigenvalue weighted by Gasteiger charge is 2.36. The summed E-state index contributed by atoms with van der Waals surface area (Å²) in [7, 11) is 1.39. The molecular formula is C86H98BrN9O15. The monoisotopic (exact) mass is 1580 g/mol. The minimum atomic E-state index is -0.865. The van der Waals surface area contributed by atoms with Crippen LogP contribution in [0.1, 0.15) is 61.9 Å². The van der Waals surface area contributed by atoms with Gasteiger partial charge in [-0.15, -0.1) is 0 Å². The smallest absolute Gasteiger partial charge is 0.325 e. The van der Waals surface area contributed by atoms with Gasteiger partial charge in [-0.1, -0.05) is 228 Å². The summed E-state index contributed by atoms with van der Waals surface area (Å²) < 4.78 is 26.6. The van der Waals surface area contributed by atoms with Crippen molar-refractivity contribution in [3.8, 4) is 11.5 Å². The van der Waals surface area contributed by atoms with Gasteiger partial charge in [0.1, 0.15) is 52.7 Å². The summed E-state index contributed by atoms with van der Waals surface area (Å²) in [6.07, 6.45) is 3.70. The number of aromatic hydroxyl groups is 1. The molecule has 0 saturated carbocycles. The Morgan fingerprint density at radius 1 is 0.396 bits per heavy atom. The first-order chi connectivity index (χ1) is 54.1. The van der Waals surface area contributed by atoms with Gasteiger partial charge < -0.3 is 63.7 Å². The third-order valence-electron chi connectivity index (χ3n) is 18.7. The van der Waals surface area contributed by atoms with Gasteiger partial charge in [-0.3, -0.25) is 43.5 Å². The molecule has 5 aliphatic heterocycles. The number of methoxy groups -OCH3 is 1. The number of esters is 1. The summed E-state index contributed by atoms with van der Waals surface area (Å²) in [4.78, 5) is 92.9. The van der Waals surface area contributed by atoms with E-state index in [1.54, 1.807) is 36.5 Å². The molecule has 24 nitrogen and oxygen atoms in total. The number of carboxylic acid groups (broad SMARTS) is 3. The molecule has 4 N–H and O–H groups in total. The first kappa shape index (κ1) is 84.1. The summed E-state index contributed by atoms with van der Waals surface area (Å²) in [5.74, 6) is 0.347. The average Bonchev–Trinajstić information content (AvgIpc) is 0.811. The number of carbonyl (C=O) groups is 6. The first-order valence-electron chi connectivity index (χ1n) is 37.1. The molecule has 2 aromatic heterocycles. The largest absolute Gasteiger partial charge is 0.506 e. The number of aromatic nitrogens is 2. The zero-order valence-electron chi connectivity index (χ0n) is 62.4. The van der Waals surface area contributed by atoms with Crippen LogP contribution in [0.5, 0.6) is 11.5 Å². The second-order valence-electron chi connectivity index (χ2n) is 26.3. The Morgan fingerprint density at radius 3 is 1.08 bits per heavy atom. The molecule has 2 amide bonds.